The van der Waals surface area contributed by atoms with E-state index in [0.29, 0.717) is 21.8 Å². The van der Waals surface area contributed by atoms with Gasteiger partial charge in [0.05, 0.1) is 11.9 Å². The Labute approximate surface area is 172 Å². The number of sulfonamides is 1. The maximum Gasteiger partial charge on any atom is 0.249 e. The highest BCUT2D eigenvalue weighted by molar-refractivity contribution is 8.01. The molecule has 0 unspecified atom stereocenters. The molecule has 1 N–H and O–H groups in total. The third-order valence-electron chi connectivity index (χ3n) is 3.33. The van der Waals surface area contributed by atoms with Crippen molar-refractivity contribution in [2.45, 2.75) is 31.2 Å². The Morgan fingerprint density at radius 1 is 1.33 bits per heavy atom. The van der Waals surface area contributed by atoms with Gasteiger partial charge in [-0.1, -0.05) is 54.6 Å². The van der Waals surface area contributed by atoms with Crippen molar-refractivity contribution in [1.29, 1.82) is 0 Å². The van der Waals surface area contributed by atoms with E-state index in [1.807, 2.05) is 0 Å². The van der Waals surface area contributed by atoms with Gasteiger partial charge in [-0.15, -0.1) is 10.2 Å². The van der Waals surface area contributed by atoms with Crippen LogP contribution in [0.4, 0.5) is 10.8 Å². The number of aromatic nitrogens is 2. The second kappa shape index (κ2) is 9.22. The van der Waals surface area contributed by atoms with E-state index in [4.69, 9.17) is 11.6 Å². The molecule has 0 saturated carbocycles. The highest BCUT2D eigenvalue weighted by atomic mass is 35.5. The molecule has 148 valence electrons. The standard InChI is InChI=1S/C16H21ClN4O3S3/c1-10(2)9-25-16-20-19-15(26-16)18-14(22)11(3)21(27(4,23)24)13-7-5-6-12(17)8-13/h5-8,10-11H,9H2,1-4H3,(H,18,19,22)/t11-/m1/s1. The van der Waals surface area contributed by atoms with Crippen molar-refractivity contribution in [2.75, 3.05) is 21.6 Å². The minimum Gasteiger partial charge on any atom is -0.299 e. The van der Waals surface area contributed by atoms with Gasteiger partial charge in [0.1, 0.15) is 6.04 Å². The lowest BCUT2D eigenvalue weighted by Gasteiger charge is -2.27. The topological polar surface area (TPSA) is 92.3 Å². The molecule has 0 aliphatic carbocycles. The molecule has 0 radical (unpaired) electrons. The summed E-state index contributed by atoms with van der Waals surface area (Å²) in [6, 6.07) is 5.35. The molecule has 1 amide bonds. The van der Waals surface area contributed by atoms with Crippen LogP contribution in [0.2, 0.25) is 5.02 Å². The van der Waals surface area contributed by atoms with Crippen molar-refractivity contribution in [3.05, 3.63) is 29.3 Å². The summed E-state index contributed by atoms with van der Waals surface area (Å²) in [6.45, 7) is 5.72. The Hall–Kier alpha value is -1.36. The van der Waals surface area contributed by atoms with Crippen molar-refractivity contribution >= 4 is 61.4 Å². The molecule has 7 nitrogen and oxygen atoms in total. The number of anilines is 2. The summed E-state index contributed by atoms with van der Waals surface area (Å²) in [4.78, 5) is 12.6. The number of nitrogens with one attached hydrogen (secondary N) is 1. The molecule has 0 aliphatic heterocycles. The molecule has 0 aliphatic rings. The van der Waals surface area contributed by atoms with Crippen LogP contribution in [0.25, 0.3) is 0 Å². The molecule has 27 heavy (non-hydrogen) atoms. The summed E-state index contributed by atoms with van der Waals surface area (Å²) >= 11 is 8.79. The number of benzene rings is 1. The van der Waals surface area contributed by atoms with Gasteiger partial charge in [0.25, 0.3) is 0 Å². The quantitative estimate of drug-likeness (QED) is 0.488. The molecule has 11 heteroatoms. The van der Waals surface area contributed by atoms with Gasteiger partial charge in [-0.05, 0) is 31.0 Å². The van der Waals surface area contributed by atoms with Crippen LogP contribution in [0.5, 0.6) is 0 Å². The number of carbonyl (C=O) groups excluding carboxylic acids is 1. The molecule has 1 heterocycles. The van der Waals surface area contributed by atoms with E-state index in [1.165, 1.54) is 24.3 Å². The SMILES string of the molecule is CC(C)CSc1nnc(NC(=O)[C@@H](C)N(c2cccc(Cl)c2)S(C)(=O)=O)s1. The first-order valence-corrected chi connectivity index (χ1v) is 12.1. The first-order chi connectivity index (χ1) is 12.6. The molecule has 0 fully saturated rings. The van der Waals surface area contributed by atoms with Crippen LogP contribution in [-0.4, -0.2) is 42.6 Å². The maximum atomic E-state index is 12.6. The van der Waals surface area contributed by atoms with E-state index in [-0.39, 0.29) is 0 Å². The van der Waals surface area contributed by atoms with Crippen molar-refractivity contribution in [3.8, 4) is 0 Å². The highest BCUT2D eigenvalue weighted by Crippen LogP contribution is 2.28. The monoisotopic (exact) mass is 448 g/mol. The normalized spacial score (nSPS) is 12.8. The smallest absolute Gasteiger partial charge is 0.249 e. The Balaban J connectivity index is 2.16. The molecule has 2 aromatic rings. The number of carbonyl (C=O) groups is 1. The summed E-state index contributed by atoms with van der Waals surface area (Å²) in [6.07, 6.45) is 1.04. The van der Waals surface area contributed by atoms with Crippen molar-refractivity contribution in [2.24, 2.45) is 5.92 Å². The fraction of sp³-hybridized carbons (Fsp3) is 0.438. The summed E-state index contributed by atoms with van der Waals surface area (Å²) in [5, 5.41) is 11.3. The average Bonchev–Trinajstić information content (AvgIpc) is 2.99. The Morgan fingerprint density at radius 2 is 2.04 bits per heavy atom. The third kappa shape index (κ3) is 6.34. The van der Waals surface area contributed by atoms with Crippen molar-refractivity contribution in [1.82, 2.24) is 10.2 Å². The predicted octanol–water partition coefficient (Wildman–Crippen LogP) is 3.73. The van der Waals surface area contributed by atoms with Crippen LogP contribution in [0.1, 0.15) is 20.8 Å². The molecular formula is C16H21ClN4O3S3. The van der Waals surface area contributed by atoms with Gasteiger partial charge in [-0.3, -0.25) is 14.4 Å². The Kier molecular flexibility index (Phi) is 7.49. The minimum atomic E-state index is -3.71. The van der Waals surface area contributed by atoms with Crippen LogP contribution >= 0.6 is 34.7 Å². The Bertz CT molecular complexity index is 902. The molecule has 1 aromatic carbocycles. The summed E-state index contributed by atoms with van der Waals surface area (Å²) in [5.41, 5.74) is 0.318. The van der Waals surface area contributed by atoms with Crippen molar-refractivity contribution < 1.29 is 13.2 Å². The van der Waals surface area contributed by atoms with Crippen LogP contribution in [0, 0.1) is 5.92 Å². The summed E-state index contributed by atoms with van der Waals surface area (Å²) in [7, 11) is -3.71. The lowest BCUT2D eigenvalue weighted by atomic mass is 10.2. The Morgan fingerprint density at radius 3 is 2.63 bits per heavy atom. The zero-order valence-electron chi connectivity index (χ0n) is 15.3. The highest BCUT2D eigenvalue weighted by Gasteiger charge is 2.29. The van der Waals surface area contributed by atoms with E-state index >= 15 is 0 Å². The van der Waals surface area contributed by atoms with E-state index in [2.05, 4.69) is 29.4 Å². The number of hydrogen-bond acceptors (Lipinski definition) is 7. The fourth-order valence-corrected chi connectivity index (χ4v) is 5.27. The first kappa shape index (κ1) is 21.9. The molecule has 0 bridgehead atoms. The number of thioether (sulfide) groups is 1. The lowest BCUT2D eigenvalue weighted by molar-refractivity contribution is -0.116. The first-order valence-electron chi connectivity index (χ1n) is 8.10. The maximum absolute atomic E-state index is 12.6. The minimum absolute atomic E-state index is 0.318. The zero-order chi connectivity index (χ0) is 20.2. The van der Waals surface area contributed by atoms with Gasteiger partial charge in [0.2, 0.25) is 21.1 Å². The van der Waals surface area contributed by atoms with Crippen LogP contribution in [-0.2, 0) is 14.8 Å². The zero-order valence-corrected chi connectivity index (χ0v) is 18.5. The molecule has 0 spiro atoms. The number of amides is 1. The average molecular weight is 449 g/mol. The number of rotatable bonds is 8. The van der Waals surface area contributed by atoms with E-state index in [0.717, 1.165) is 20.7 Å². The van der Waals surface area contributed by atoms with Gasteiger partial charge in [-0.25, -0.2) is 8.42 Å². The third-order valence-corrected chi connectivity index (χ3v) is 7.20. The van der Waals surface area contributed by atoms with Gasteiger partial charge in [0.15, 0.2) is 4.34 Å². The van der Waals surface area contributed by atoms with E-state index < -0.39 is 22.0 Å². The molecular weight excluding hydrogens is 428 g/mol. The second-order valence-electron chi connectivity index (χ2n) is 6.28. The van der Waals surface area contributed by atoms with Gasteiger partial charge in [0, 0.05) is 10.8 Å². The fourth-order valence-electron chi connectivity index (χ4n) is 2.19. The van der Waals surface area contributed by atoms with E-state index in [9.17, 15) is 13.2 Å². The molecule has 0 saturated heterocycles. The summed E-state index contributed by atoms with van der Waals surface area (Å²) < 4.78 is 26.3. The largest absolute Gasteiger partial charge is 0.299 e. The van der Waals surface area contributed by atoms with Crippen LogP contribution in [0.3, 0.4) is 0 Å². The van der Waals surface area contributed by atoms with Gasteiger partial charge in [-0.2, -0.15) is 0 Å². The van der Waals surface area contributed by atoms with Crippen LogP contribution in [0.15, 0.2) is 28.6 Å². The van der Waals surface area contributed by atoms with Crippen molar-refractivity contribution in [3.63, 3.8) is 0 Å². The summed E-state index contributed by atoms with van der Waals surface area (Å²) in [5.74, 6) is 0.908. The molecule has 1 atom stereocenters. The van der Waals surface area contributed by atoms with Crippen LogP contribution < -0.4 is 9.62 Å². The second-order valence-corrected chi connectivity index (χ2v) is 10.8. The van der Waals surface area contributed by atoms with E-state index in [1.54, 1.807) is 30.0 Å². The lowest BCUT2D eigenvalue weighted by Crippen LogP contribution is -2.45. The van der Waals surface area contributed by atoms with Gasteiger partial charge < -0.3 is 0 Å². The van der Waals surface area contributed by atoms with Gasteiger partial charge >= 0.3 is 0 Å². The predicted molar refractivity (Wildman–Crippen MR) is 112 cm³/mol. The number of nitrogens with zero attached hydrogens (tertiary/aromatic N) is 3. The number of hydrogen-bond donors (Lipinski definition) is 1. The number of halogens is 1. The molecule has 2 rings (SSSR count). The molecule has 1 aromatic heterocycles.